The first-order valence-corrected chi connectivity index (χ1v) is 6.78. The highest BCUT2D eigenvalue weighted by atomic mass is 15.2. The zero-order valence-corrected chi connectivity index (χ0v) is 10.6. The standard InChI is InChI=1S/C14H20N4/c15-7-6-11-3-1-2-8-18(11)12-4-5-13-14(9-12)17-10-16-13/h4-5,9-11H,1-3,6-8,15H2,(H,16,17). The van der Waals surface area contributed by atoms with E-state index in [2.05, 4.69) is 33.1 Å². The highest BCUT2D eigenvalue weighted by Crippen LogP contribution is 2.28. The van der Waals surface area contributed by atoms with Crippen molar-refractivity contribution >= 4 is 16.7 Å². The van der Waals surface area contributed by atoms with E-state index in [9.17, 15) is 0 Å². The minimum absolute atomic E-state index is 0.601. The molecule has 1 aromatic heterocycles. The molecule has 0 saturated carbocycles. The van der Waals surface area contributed by atoms with Crippen LogP contribution in [0.3, 0.4) is 0 Å². The fourth-order valence-electron chi connectivity index (χ4n) is 2.94. The van der Waals surface area contributed by atoms with Crippen molar-refractivity contribution in [1.82, 2.24) is 9.97 Å². The van der Waals surface area contributed by atoms with Gasteiger partial charge < -0.3 is 15.6 Å². The van der Waals surface area contributed by atoms with Gasteiger partial charge in [0.25, 0.3) is 0 Å². The van der Waals surface area contributed by atoms with E-state index >= 15 is 0 Å². The number of aromatic amines is 1. The number of fused-ring (bicyclic) bond motifs is 1. The van der Waals surface area contributed by atoms with Crippen LogP contribution < -0.4 is 10.6 Å². The number of rotatable bonds is 3. The third-order valence-corrected chi connectivity index (χ3v) is 3.86. The van der Waals surface area contributed by atoms with Gasteiger partial charge in [-0.1, -0.05) is 0 Å². The number of H-pyrrole nitrogens is 1. The summed E-state index contributed by atoms with van der Waals surface area (Å²) in [5.74, 6) is 0. The van der Waals surface area contributed by atoms with Crippen LogP contribution in [0.1, 0.15) is 25.7 Å². The number of anilines is 1. The molecule has 1 aliphatic rings. The maximum absolute atomic E-state index is 5.73. The molecule has 0 aliphatic carbocycles. The summed E-state index contributed by atoms with van der Waals surface area (Å²) in [5, 5.41) is 0. The average Bonchev–Trinajstić information content (AvgIpc) is 2.87. The van der Waals surface area contributed by atoms with Gasteiger partial charge in [-0.3, -0.25) is 0 Å². The van der Waals surface area contributed by atoms with Crippen LogP contribution in [0, 0.1) is 0 Å². The smallest absolute Gasteiger partial charge is 0.0931 e. The topological polar surface area (TPSA) is 57.9 Å². The van der Waals surface area contributed by atoms with Gasteiger partial charge in [0, 0.05) is 18.3 Å². The van der Waals surface area contributed by atoms with Gasteiger partial charge in [-0.05, 0) is 50.4 Å². The predicted molar refractivity (Wildman–Crippen MR) is 74.8 cm³/mol. The van der Waals surface area contributed by atoms with Crippen molar-refractivity contribution in [1.29, 1.82) is 0 Å². The molecule has 1 fully saturated rings. The van der Waals surface area contributed by atoms with Crippen molar-refractivity contribution in [3.05, 3.63) is 24.5 Å². The Kier molecular flexibility index (Phi) is 3.19. The fourth-order valence-corrected chi connectivity index (χ4v) is 2.94. The second-order valence-corrected chi connectivity index (χ2v) is 5.02. The molecule has 0 radical (unpaired) electrons. The van der Waals surface area contributed by atoms with Crippen LogP contribution in [0.2, 0.25) is 0 Å². The number of nitrogens with one attached hydrogen (secondary N) is 1. The van der Waals surface area contributed by atoms with Crippen molar-refractivity contribution in [2.75, 3.05) is 18.0 Å². The Bertz CT molecular complexity index is 517. The van der Waals surface area contributed by atoms with E-state index in [0.29, 0.717) is 6.04 Å². The van der Waals surface area contributed by atoms with Gasteiger partial charge in [-0.2, -0.15) is 0 Å². The summed E-state index contributed by atoms with van der Waals surface area (Å²) >= 11 is 0. The SMILES string of the molecule is NCCC1CCCCN1c1ccc2nc[nH]c2c1. The number of piperidine rings is 1. The first-order valence-electron chi connectivity index (χ1n) is 6.78. The number of nitrogens with two attached hydrogens (primary N) is 1. The molecule has 1 aliphatic heterocycles. The molecule has 96 valence electrons. The molecule has 4 heteroatoms. The van der Waals surface area contributed by atoms with Gasteiger partial charge in [0.2, 0.25) is 0 Å². The zero-order chi connectivity index (χ0) is 12.4. The third-order valence-electron chi connectivity index (χ3n) is 3.86. The van der Waals surface area contributed by atoms with Crippen molar-refractivity contribution < 1.29 is 0 Å². The Balaban J connectivity index is 1.90. The number of hydrogen-bond acceptors (Lipinski definition) is 3. The van der Waals surface area contributed by atoms with Crippen LogP contribution in [-0.2, 0) is 0 Å². The van der Waals surface area contributed by atoms with Gasteiger partial charge in [0.15, 0.2) is 0 Å². The van der Waals surface area contributed by atoms with Crippen molar-refractivity contribution in [2.24, 2.45) is 5.73 Å². The lowest BCUT2D eigenvalue weighted by Gasteiger charge is -2.37. The summed E-state index contributed by atoms with van der Waals surface area (Å²) < 4.78 is 0. The van der Waals surface area contributed by atoms with E-state index in [0.717, 1.165) is 30.5 Å². The summed E-state index contributed by atoms with van der Waals surface area (Å²) in [6, 6.07) is 7.08. The summed E-state index contributed by atoms with van der Waals surface area (Å²) in [6.07, 6.45) is 6.71. The van der Waals surface area contributed by atoms with E-state index in [1.165, 1.54) is 24.9 Å². The molecule has 0 spiro atoms. The number of imidazole rings is 1. The highest BCUT2D eigenvalue weighted by molar-refractivity contribution is 5.79. The number of hydrogen-bond donors (Lipinski definition) is 2. The van der Waals surface area contributed by atoms with Crippen LogP contribution in [0.25, 0.3) is 11.0 Å². The van der Waals surface area contributed by atoms with E-state index < -0.39 is 0 Å². The van der Waals surface area contributed by atoms with Gasteiger partial charge >= 0.3 is 0 Å². The van der Waals surface area contributed by atoms with Crippen molar-refractivity contribution in [3.8, 4) is 0 Å². The first kappa shape index (κ1) is 11.5. The van der Waals surface area contributed by atoms with Gasteiger partial charge in [-0.25, -0.2) is 4.98 Å². The quantitative estimate of drug-likeness (QED) is 0.870. The predicted octanol–water partition coefficient (Wildman–Crippen LogP) is 2.27. The largest absolute Gasteiger partial charge is 0.368 e. The van der Waals surface area contributed by atoms with Crippen LogP contribution in [0.5, 0.6) is 0 Å². The van der Waals surface area contributed by atoms with Crippen molar-refractivity contribution in [2.45, 2.75) is 31.7 Å². The molecule has 18 heavy (non-hydrogen) atoms. The molecular weight excluding hydrogens is 224 g/mol. The monoisotopic (exact) mass is 244 g/mol. The van der Waals surface area contributed by atoms with Crippen LogP contribution in [0.4, 0.5) is 5.69 Å². The van der Waals surface area contributed by atoms with E-state index in [4.69, 9.17) is 5.73 Å². The molecule has 4 nitrogen and oxygen atoms in total. The Hall–Kier alpha value is -1.55. The Morgan fingerprint density at radius 2 is 2.33 bits per heavy atom. The van der Waals surface area contributed by atoms with Gasteiger partial charge in [0.05, 0.1) is 17.4 Å². The lowest BCUT2D eigenvalue weighted by atomic mass is 9.98. The maximum atomic E-state index is 5.73. The van der Waals surface area contributed by atoms with Gasteiger partial charge in [0.1, 0.15) is 0 Å². The van der Waals surface area contributed by atoms with E-state index in [1.807, 2.05) is 0 Å². The molecule has 0 amide bonds. The number of benzene rings is 1. The van der Waals surface area contributed by atoms with E-state index in [1.54, 1.807) is 6.33 Å². The first-order chi connectivity index (χ1) is 8.88. The molecule has 1 aromatic carbocycles. The minimum atomic E-state index is 0.601. The molecule has 1 atom stereocenters. The molecule has 1 unspecified atom stereocenters. The second kappa shape index (κ2) is 4.98. The van der Waals surface area contributed by atoms with Crippen molar-refractivity contribution in [3.63, 3.8) is 0 Å². The number of nitrogens with zero attached hydrogens (tertiary/aromatic N) is 2. The fraction of sp³-hybridized carbons (Fsp3) is 0.500. The summed E-state index contributed by atoms with van der Waals surface area (Å²) in [5.41, 5.74) is 9.18. The molecule has 3 rings (SSSR count). The van der Waals surface area contributed by atoms with Gasteiger partial charge in [-0.15, -0.1) is 0 Å². The molecule has 2 heterocycles. The Labute approximate surface area is 107 Å². The molecule has 3 N–H and O–H groups in total. The summed E-state index contributed by atoms with van der Waals surface area (Å²) in [4.78, 5) is 9.96. The lowest BCUT2D eigenvalue weighted by Crippen LogP contribution is -2.40. The zero-order valence-electron chi connectivity index (χ0n) is 10.6. The Morgan fingerprint density at radius 1 is 1.39 bits per heavy atom. The second-order valence-electron chi connectivity index (χ2n) is 5.02. The summed E-state index contributed by atoms with van der Waals surface area (Å²) in [6.45, 7) is 1.91. The highest BCUT2D eigenvalue weighted by Gasteiger charge is 2.22. The molecule has 0 bridgehead atoms. The maximum Gasteiger partial charge on any atom is 0.0931 e. The van der Waals surface area contributed by atoms with Crippen LogP contribution >= 0.6 is 0 Å². The average molecular weight is 244 g/mol. The Morgan fingerprint density at radius 3 is 3.22 bits per heavy atom. The number of aromatic nitrogens is 2. The van der Waals surface area contributed by atoms with Crippen LogP contribution in [0.15, 0.2) is 24.5 Å². The summed E-state index contributed by atoms with van der Waals surface area (Å²) in [7, 11) is 0. The van der Waals surface area contributed by atoms with E-state index in [-0.39, 0.29) is 0 Å². The third kappa shape index (κ3) is 2.08. The minimum Gasteiger partial charge on any atom is -0.368 e. The van der Waals surface area contributed by atoms with Crippen LogP contribution in [-0.4, -0.2) is 29.1 Å². The molecule has 1 saturated heterocycles. The lowest BCUT2D eigenvalue weighted by molar-refractivity contribution is 0.442. The molecule has 2 aromatic rings. The molecular formula is C14H20N4. The normalized spacial score (nSPS) is 20.5.